The number of benzene rings is 1. The van der Waals surface area contributed by atoms with Crippen LogP contribution < -0.4 is 15.2 Å². The number of hydrogen-bond donors (Lipinski definition) is 1. The molecule has 29 heavy (non-hydrogen) atoms. The second-order valence-electron chi connectivity index (χ2n) is 7.65. The summed E-state index contributed by atoms with van der Waals surface area (Å²) in [4.78, 5) is 4.68. The number of nitriles is 1. The third-order valence-electron chi connectivity index (χ3n) is 5.79. The van der Waals surface area contributed by atoms with Crippen molar-refractivity contribution in [1.29, 1.82) is 5.26 Å². The summed E-state index contributed by atoms with van der Waals surface area (Å²) >= 11 is 0. The van der Waals surface area contributed by atoms with E-state index in [1.54, 1.807) is 14.2 Å². The highest BCUT2D eigenvalue weighted by molar-refractivity contribution is 5.84. The third kappa shape index (κ3) is 4.64. The number of methoxy groups -OCH3 is 2. The molecule has 5 nitrogen and oxygen atoms in total. The zero-order valence-corrected chi connectivity index (χ0v) is 17.6. The van der Waals surface area contributed by atoms with Crippen molar-refractivity contribution < 1.29 is 9.47 Å². The monoisotopic (exact) mass is 393 g/mol. The molecule has 0 unspecified atom stereocenters. The van der Waals surface area contributed by atoms with Crippen LogP contribution in [0.25, 0.3) is 11.1 Å². The molecule has 1 aliphatic carbocycles. The number of nitrogens with zero attached hydrogens (tertiary/aromatic N) is 2. The predicted molar refractivity (Wildman–Crippen MR) is 116 cm³/mol. The summed E-state index contributed by atoms with van der Waals surface area (Å²) in [6, 6.07) is 8.08. The zero-order valence-electron chi connectivity index (χ0n) is 17.6. The molecule has 0 bridgehead atoms. The van der Waals surface area contributed by atoms with Gasteiger partial charge in [0.25, 0.3) is 0 Å². The van der Waals surface area contributed by atoms with E-state index in [9.17, 15) is 5.26 Å². The van der Waals surface area contributed by atoms with Gasteiger partial charge in [-0.1, -0.05) is 50.7 Å². The second kappa shape index (κ2) is 10.2. The summed E-state index contributed by atoms with van der Waals surface area (Å²) in [6.45, 7) is 0. The number of aromatic nitrogens is 1. The Hall–Kier alpha value is -2.74. The smallest absolute Gasteiger partial charge is 0.168 e. The lowest BCUT2D eigenvalue weighted by atomic mass is 9.88. The number of anilines is 1. The molecule has 2 N–H and O–H groups in total. The molecule has 0 atom stereocenters. The average molecular weight is 394 g/mol. The maximum absolute atomic E-state index is 9.92. The van der Waals surface area contributed by atoms with E-state index in [0.717, 1.165) is 48.1 Å². The van der Waals surface area contributed by atoms with Gasteiger partial charge in [0.05, 0.1) is 14.2 Å². The Morgan fingerprint density at radius 2 is 1.59 bits per heavy atom. The van der Waals surface area contributed by atoms with Gasteiger partial charge in [0.1, 0.15) is 17.5 Å². The number of nitrogen functional groups attached to an aromatic ring is 1. The van der Waals surface area contributed by atoms with Crippen molar-refractivity contribution in [3.63, 3.8) is 0 Å². The topological polar surface area (TPSA) is 81.2 Å². The van der Waals surface area contributed by atoms with Crippen LogP contribution in [0.1, 0.15) is 68.2 Å². The van der Waals surface area contributed by atoms with E-state index in [1.807, 2.05) is 18.2 Å². The number of rotatable bonds is 3. The Morgan fingerprint density at radius 3 is 2.21 bits per heavy atom. The first kappa shape index (κ1) is 21.0. The fraction of sp³-hybridized carbons (Fsp3) is 0.500. The van der Waals surface area contributed by atoms with Crippen molar-refractivity contribution in [2.24, 2.45) is 0 Å². The van der Waals surface area contributed by atoms with Crippen molar-refractivity contribution in [2.45, 2.75) is 64.2 Å². The standard InChI is InChI=1S/C24H31N3O2/c1-28-21-15-11-13-18(23(21)29-2)22-17-12-9-7-5-3-4-6-8-10-14-20(17)27-24(26)19(22)16-25/h11,13,15H,3-10,12,14H2,1-2H3,(H2,26,27). The highest BCUT2D eigenvalue weighted by Crippen LogP contribution is 2.43. The van der Waals surface area contributed by atoms with Gasteiger partial charge in [-0.2, -0.15) is 5.26 Å². The van der Waals surface area contributed by atoms with Crippen LogP contribution in [-0.2, 0) is 12.8 Å². The van der Waals surface area contributed by atoms with E-state index in [-0.39, 0.29) is 0 Å². The average Bonchev–Trinajstić information content (AvgIpc) is 2.73. The maximum atomic E-state index is 9.92. The zero-order chi connectivity index (χ0) is 20.6. The maximum Gasteiger partial charge on any atom is 0.168 e. The summed E-state index contributed by atoms with van der Waals surface area (Å²) in [7, 11) is 3.25. The lowest BCUT2D eigenvalue weighted by Crippen LogP contribution is -2.09. The van der Waals surface area contributed by atoms with Crippen molar-refractivity contribution in [3.8, 4) is 28.7 Å². The van der Waals surface area contributed by atoms with E-state index >= 15 is 0 Å². The number of para-hydroxylation sites is 1. The molecule has 3 rings (SSSR count). The van der Waals surface area contributed by atoms with E-state index < -0.39 is 0 Å². The number of hydrogen-bond acceptors (Lipinski definition) is 5. The summed E-state index contributed by atoms with van der Waals surface area (Å²) in [5.41, 5.74) is 10.6. The van der Waals surface area contributed by atoms with Crippen LogP contribution >= 0.6 is 0 Å². The van der Waals surface area contributed by atoms with E-state index in [4.69, 9.17) is 15.2 Å². The Bertz CT molecular complexity index is 887. The fourth-order valence-corrected chi connectivity index (χ4v) is 4.32. The molecular formula is C24H31N3O2. The molecule has 0 fully saturated rings. The van der Waals surface area contributed by atoms with Crippen LogP contribution in [0, 0.1) is 11.3 Å². The molecule has 0 spiro atoms. The minimum Gasteiger partial charge on any atom is -0.493 e. The van der Waals surface area contributed by atoms with Gasteiger partial charge in [0.2, 0.25) is 0 Å². The Balaban J connectivity index is 2.21. The van der Waals surface area contributed by atoms with Gasteiger partial charge in [0, 0.05) is 16.8 Å². The summed E-state index contributed by atoms with van der Waals surface area (Å²) in [5.74, 6) is 1.58. The number of nitrogens with two attached hydrogens (primary N) is 1. The minimum atomic E-state index is 0.304. The molecule has 1 heterocycles. The number of ether oxygens (including phenoxy) is 2. The van der Waals surface area contributed by atoms with E-state index in [2.05, 4.69) is 11.1 Å². The van der Waals surface area contributed by atoms with Gasteiger partial charge in [0.15, 0.2) is 11.5 Å². The molecule has 1 aromatic heterocycles. The van der Waals surface area contributed by atoms with Gasteiger partial charge in [-0.05, 0) is 37.3 Å². The summed E-state index contributed by atoms with van der Waals surface area (Å²) in [5, 5.41) is 9.92. The quantitative estimate of drug-likeness (QED) is 0.751. The molecule has 2 aromatic rings. The first-order valence-corrected chi connectivity index (χ1v) is 10.6. The van der Waals surface area contributed by atoms with E-state index in [0.29, 0.717) is 22.9 Å². The number of aryl methyl sites for hydroxylation is 1. The lowest BCUT2D eigenvalue weighted by Gasteiger charge is -2.20. The molecule has 1 aliphatic rings. The molecule has 0 radical (unpaired) electrons. The summed E-state index contributed by atoms with van der Waals surface area (Å²) < 4.78 is 11.2. The largest absolute Gasteiger partial charge is 0.493 e. The van der Waals surface area contributed by atoms with Gasteiger partial charge >= 0.3 is 0 Å². The fourth-order valence-electron chi connectivity index (χ4n) is 4.32. The van der Waals surface area contributed by atoms with Gasteiger partial charge in [-0.3, -0.25) is 0 Å². The minimum absolute atomic E-state index is 0.304. The molecule has 0 saturated heterocycles. The van der Waals surface area contributed by atoms with Crippen molar-refractivity contribution in [2.75, 3.05) is 20.0 Å². The Kier molecular flexibility index (Phi) is 7.35. The van der Waals surface area contributed by atoms with Crippen LogP contribution in [0.2, 0.25) is 0 Å². The Morgan fingerprint density at radius 1 is 0.931 bits per heavy atom. The molecule has 0 aliphatic heterocycles. The van der Waals surface area contributed by atoms with Crippen LogP contribution in [0.3, 0.4) is 0 Å². The molecule has 1 aromatic carbocycles. The molecule has 0 amide bonds. The SMILES string of the molecule is COc1cccc(-c2c(C#N)c(N)nc3c2CCCCCCCCCC3)c1OC. The third-order valence-corrected chi connectivity index (χ3v) is 5.79. The lowest BCUT2D eigenvalue weighted by molar-refractivity contribution is 0.356. The van der Waals surface area contributed by atoms with Crippen molar-refractivity contribution >= 4 is 5.82 Å². The number of fused-ring (bicyclic) bond motifs is 1. The van der Waals surface area contributed by atoms with Crippen LogP contribution in [0.4, 0.5) is 5.82 Å². The van der Waals surface area contributed by atoms with Gasteiger partial charge < -0.3 is 15.2 Å². The molecule has 154 valence electrons. The molecule has 5 heteroatoms. The van der Waals surface area contributed by atoms with E-state index in [1.165, 1.54) is 38.5 Å². The van der Waals surface area contributed by atoms with Crippen molar-refractivity contribution in [1.82, 2.24) is 4.98 Å². The van der Waals surface area contributed by atoms with Crippen LogP contribution in [0.15, 0.2) is 18.2 Å². The summed E-state index contributed by atoms with van der Waals surface area (Å²) in [6.07, 6.45) is 11.5. The molecule has 0 saturated carbocycles. The van der Waals surface area contributed by atoms with Crippen molar-refractivity contribution in [3.05, 3.63) is 35.0 Å². The van der Waals surface area contributed by atoms with Crippen LogP contribution in [0.5, 0.6) is 11.5 Å². The highest BCUT2D eigenvalue weighted by atomic mass is 16.5. The predicted octanol–water partition coefficient (Wildman–Crippen LogP) is 5.44. The highest BCUT2D eigenvalue weighted by Gasteiger charge is 2.23. The molecular weight excluding hydrogens is 362 g/mol. The Labute approximate surface area is 173 Å². The number of pyridine rings is 1. The van der Waals surface area contributed by atoms with Gasteiger partial charge in [-0.15, -0.1) is 0 Å². The first-order chi connectivity index (χ1) is 14.2. The normalized spacial score (nSPS) is 15.3. The van der Waals surface area contributed by atoms with Gasteiger partial charge in [-0.25, -0.2) is 4.98 Å². The second-order valence-corrected chi connectivity index (χ2v) is 7.65. The first-order valence-electron chi connectivity index (χ1n) is 10.6. The van der Waals surface area contributed by atoms with Crippen LogP contribution in [-0.4, -0.2) is 19.2 Å².